The highest BCUT2D eigenvalue weighted by Gasteiger charge is 2.06. The topological polar surface area (TPSA) is 38.3 Å². The van der Waals surface area contributed by atoms with Crippen molar-refractivity contribution in [3.05, 3.63) is 60.2 Å². The zero-order valence-electron chi connectivity index (χ0n) is 11.0. The summed E-state index contributed by atoms with van der Waals surface area (Å²) in [4.78, 5) is 11.8. The number of benzene rings is 2. The van der Waals surface area contributed by atoms with Gasteiger partial charge in [0.15, 0.2) is 0 Å². The molecule has 0 bridgehead atoms. The Bertz CT molecular complexity index is 557. The lowest BCUT2D eigenvalue weighted by Gasteiger charge is -2.09. The Labute approximate surface area is 123 Å². The van der Waals surface area contributed by atoms with Crippen LogP contribution in [0.4, 0.5) is 5.69 Å². The molecule has 0 fully saturated rings. The van der Waals surface area contributed by atoms with E-state index in [1.165, 1.54) is 0 Å². The number of carbonyl (C=O) groups excluding carboxylic acids is 1. The fourth-order valence-electron chi connectivity index (χ4n) is 1.75. The van der Waals surface area contributed by atoms with Gasteiger partial charge in [-0.1, -0.05) is 36.4 Å². The fourth-order valence-corrected chi connectivity index (χ4v) is 1.98. The highest BCUT2D eigenvalue weighted by Crippen LogP contribution is 2.17. The number of nitrogens with one attached hydrogen (secondary N) is 1. The second kappa shape index (κ2) is 7.56. The standard InChI is InChI=1S/C16H16ClNO2/c17-12-13-6-4-5-9-15(13)18-16(19)10-11-20-14-7-2-1-3-8-14/h1-9H,10-12H2,(H,18,19). The number of rotatable bonds is 6. The van der Waals surface area contributed by atoms with E-state index in [4.69, 9.17) is 16.3 Å². The quantitative estimate of drug-likeness (QED) is 0.821. The molecule has 2 rings (SSSR count). The second-order valence-electron chi connectivity index (χ2n) is 4.25. The van der Waals surface area contributed by atoms with Crippen LogP contribution >= 0.6 is 11.6 Å². The smallest absolute Gasteiger partial charge is 0.227 e. The summed E-state index contributed by atoms with van der Waals surface area (Å²) in [6, 6.07) is 16.9. The molecule has 0 saturated carbocycles. The minimum Gasteiger partial charge on any atom is -0.493 e. The summed E-state index contributed by atoms with van der Waals surface area (Å²) in [5.41, 5.74) is 1.67. The minimum absolute atomic E-state index is 0.0847. The van der Waals surface area contributed by atoms with Crippen molar-refractivity contribution in [3.63, 3.8) is 0 Å². The third-order valence-corrected chi connectivity index (χ3v) is 3.06. The second-order valence-corrected chi connectivity index (χ2v) is 4.52. The van der Waals surface area contributed by atoms with E-state index in [0.29, 0.717) is 18.9 Å². The van der Waals surface area contributed by atoms with E-state index in [0.717, 1.165) is 17.0 Å². The number of halogens is 1. The van der Waals surface area contributed by atoms with Crippen LogP contribution in [0.3, 0.4) is 0 Å². The number of para-hydroxylation sites is 2. The van der Waals surface area contributed by atoms with E-state index in [-0.39, 0.29) is 5.91 Å². The van der Waals surface area contributed by atoms with Crippen molar-refractivity contribution in [2.45, 2.75) is 12.3 Å². The summed E-state index contributed by atoms with van der Waals surface area (Å²) in [7, 11) is 0. The van der Waals surface area contributed by atoms with Crippen LogP contribution in [0.25, 0.3) is 0 Å². The van der Waals surface area contributed by atoms with Crippen molar-refractivity contribution in [3.8, 4) is 5.75 Å². The first kappa shape index (κ1) is 14.4. The van der Waals surface area contributed by atoms with E-state index < -0.39 is 0 Å². The van der Waals surface area contributed by atoms with E-state index in [1.54, 1.807) is 0 Å². The summed E-state index contributed by atoms with van der Waals surface area (Å²) in [6.07, 6.45) is 0.297. The summed E-state index contributed by atoms with van der Waals surface area (Å²) in [5, 5.41) is 2.84. The van der Waals surface area contributed by atoms with Crippen molar-refractivity contribution >= 4 is 23.2 Å². The number of hydrogen-bond donors (Lipinski definition) is 1. The molecule has 4 heteroatoms. The Hall–Kier alpha value is -2.00. The lowest BCUT2D eigenvalue weighted by atomic mass is 10.2. The molecular formula is C16H16ClNO2. The molecule has 0 unspecified atom stereocenters. The number of anilines is 1. The molecule has 3 nitrogen and oxygen atoms in total. The summed E-state index contributed by atoms with van der Waals surface area (Å²) >= 11 is 5.82. The monoisotopic (exact) mass is 289 g/mol. The van der Waals surface area contributed by atoms with Crippen molar-refractivity contribution in [1.82, 2.24) is 0 Å². The Kier molecular flexibility index (Phi) is 5.44. The van der Waals surface area contributed by atoms with Gasteiger partial charge in [0.05, 0.1) is 13.0 Å². The van der Waals surface area contributed by atoms with Gasteiger partial charge in [-0.05, 0) is 23.8 Å². The lowest BCUT2D eigenvalue weighted by Crippen LogP contribution is -2.16. The normalized spacial score (nSPS) is 10.1. The van der Waals surface area contributed by atoms with E-state index in [9.17, 15) is 4.79 Å². The summed E-state index contributed by atoms with van der Waals surface area (Å²) in [6.45, 7) is 0.346. The van der Waals surface area contributed by atoms with Crippen LogP contribution in [-0.4, -0.2) is 12.5 Å². The van der Waals surface area contributed by atoms with Crippen LogP contribution in [-0.2, 0) is 10.7 Å². The van der Waals surface area contributed by atoms with E-state index >= 15 is 0 Å². The Morgan fingerprint density at radius 2 is 1.75 bits per heavy atom. The Balaban J connectivity index is 1.81. The maximum atomic E-state index is 11.8. The third kappa shape index (κ3) is 4.28. The average molecular weight is 290 g/mol. The van der Waals surface area contributed by atoms with Crippen LogP contribution in [0, 0.1) is 0 Å². The van der Waals surface area contributed by atoms with E-state index in [2.05, 4.69) is 5.32 Å². The van der Waals surface area contributed by atoms with Crippen molar-refractivity contribution in [2.75, 3.05) is 11.9 Å². The van der Waals surface area contributed by atoms with Gasteiger partial charge in [0.2, 0.25) is 5.91 Å². The SMILES string of the molecule is O=C(CCOc1ccccc1)Nc1ccccc1CCl. The molecule has 0 aliphatic carbocycles. The maximum absolute atomic E-state index is 11.8. The molecule has 0 saturated heterocycles. The molecule has 0 spiro atoms. The summed E-state index contributed by atoms with van der Waals surface area (Å²) < 4.78 is 5.48. The van der Waals surface area contributed by atoms with Gasteiger partial charge in [-0.25, -0.2) is 0 Å². The highest BCUT2D eigenvalue weighted by atomic mass is 35.5. The minimum atomic E-state index is -0.0847. The molecule has 104 valence electrons. The number of amides is 1. The molecule has 20 heavy (non-hydrogen) atoms. The molecule has 2 aromatic rings. The number of hydrogen-bond acceptors (Lipinski definition) is 2. The van der Waals surface area contributed by atoms with Crippen LogP contribution in [0.1, 0.15) is 12.0 Å². The van der Waals surface area contributed by atoms with Gasteiger partial charge in [0.1, 0.15) is 5.75 Å². The number of ether oxygens (including phenoxy) is 1. The highest BCUT2D eigenvalue weighted by molar-refractivity contribution is 6.17. The van der Waals surface area contributed by atoms with Crippen LogP contribution in [0.15, 0.2) is 54.6 Å². The van der Waals surface area contributed by atoms with Crippen LogP contribution < -0.4 is 10.1 Å². The van der Waals surface area contributed by atoms with Gasteiger partial charge in [-0.2, -0.15) is 0 Å². The predicted molar refractivity (Wildman–Crippen MR) is 81.2 cm³/mol. The molecule has 0 radical (unpaired) electrons. The first-order valence-electron chi connectivity index (χ1n) is 6.41. The van der Waals surface area contributed by atoms with Gasteiger partial charge in [0.25, 0.3) is 0 Å². The zero-order chi connectivity index (χ0) is 14.2. The third-order valence-electron chi connectivity index (χ3n) is 2.78. The van der Waals surface area contributed by atoms with Gasteiger partial charge < -0.3 is 10.1 Å². The van der Waals surface area contributed by atoms with E-state index in [1.807, 2.05) is 54.6 Å². The van der Waals surface area contributed by atoms with Crippen LogP contribution in [0.2, 0.25) is 0 Å². The van der Waals surface area contributed by atoms with Crippen molar-refractivity contribution in [1.29, 1.82) is 0 Å². The molecule has 0 heterocycles. The molecule has 0 aliphatic rings. The maximum Gasteiger partial charge on any atom is 0.227 e. The zero-order valence-corrected chi connectivity index (χ0v) is 11.8. The average Bonchev–Trinajstić information content (AvgIpc) is 2.49. The largest absolute Gasteiger partial charge is 0.493 e. The number of carbonyl (C=O) groups is 1. The molecule has 1 amide bonds. The van der Waals surface area contributed by atoms with Crippen molar-refractivity contribution in [2.24, 2.45) is 0 Å². The molecular weight excluding hydrogens is 274 g/mol. The number of alkyl halides is 1. The fraction of sp³-hybridized carbons (Fsp3) is 0.188. The predicted octanol–water partition coefficient (Wildman–Crippen LogP) is 3.83. The lowest BCUT2D eigenvalue weighted by molar-refractivity contribution is -0.116. The van der Waals surface area contributed by atoms with Gasteiger partial charge >= 0.3 is 0 Å². The Morgan fingerprint density at radius 1 is 1.05 bits per heavy atom. The molecule has 0 aliphatic heterocycles. The molecule has 0 aromatic heterocycles. The first-order chi connectivity index (χ1) is 9.79. The van der Waals surface area contributed by atoms with Gasteiger partial charge in [-0.3, -0.25) is 4.79 Å². The molecule has 2 aromatic carbocycles. The van der Waals surface area contributed by atoms with Gasteiger partial charge in [-0.15, -0.1) is 11.6 Å². The van der Waals surface area contributed by atoms with Crippen LogP contribution in [0.5, 0.6) is 5.75 Å². The molecule has 0 atom stereocenters. The van der Waals surface area contributed by atoms with Gasteiger partial charge in [0, 0.05) is 11.6 Å². The first-order valence-corrected chi connectivity index (χ1v) is 6.94. The van der Waals surface area contributed by atoms with Crippen molar-refractivity contribution < 1.29 is 9.53 Å². The Morgan fingerprint density at radius 3 is 2.50 bits per heavy atom. The summed E-state index contributed by atoms with van der Waals surface area (Å²) in [5.74, 6) is 1.05. The molecule has 1 N–H and O–H groups in total.